The number of para-hydroxylation sites is 1. The highest BCUT2D eigenvalue weighted by atomic mass is 32.1. The minimum atomic E-state index is -1.07. The molecular formula is C16H17N3O2S2. The molecule has 3 aromatic rings. The molecule has 0 aliphatic rings. The summed E-state index contributed by atoms with van der Waals surface area (Å²) in [6.45, 7) is 2.21. The fourth-order valence-corrected chi connectivity index (χ4v) is 3.83. The molecule has 3 rings (SSSR count). The molecule has 120 valence electrons. The normalized spacial score (nSPS) is 13.7. The van der Waals surface area contributed by atoms with Crippen molar-refractivity contribution >= 4 is 38.9 Å². The molecule has 1 unspecified atom stereocenters. The average molecular weight is 347 g/mol. The monoisotopic (exact) mass is 347 g/mol. The predicted octanol–water partition coefficient (Wildman–Crippen LogP) is 3.06. The highest BCUT2D eigenvalue weighted by Gasteiger charge is 2.24. The number of carbonyl (C=O) groups is 1. The number of thiophene rings is 1. The summed E-state index contributed by atoms with van der Waals surface area (Å²) in [5, 5.41) is 18.6. The van der Waals surface area contributed by atoms with Gasteiger partial charge in [-0.1, -0.05) is 18.2 Å². The van der Waals surface area contributed by atoms with Crippen LogP contribution in [0.25, 0.3) is 10.2 Å². The first-order valence-electron chi connectivity index (χ1n) is 7.17. The lowest BCUT2D eigenvalue weighted by Crippen LogP contribution is -2.42. The molecule has 0 aliphatic carbocycles. The van der Waals surface area contributed by atoms with E-state index in [-0.39, 0.29) is 12.6 Å². The summed E-state index contributed by atoms with van der Waals surface area (Å²) in [4.78, 5) is 17.2. The number of aliphatic hydroxyl groups is 1. The quantitative estimate of drug-likeness (QED) is 0.664. The van der Waals surface area contributed by atoms with Crippen molar-refractivity contribution in [3.8, 4) is 0 Å². The van der Waals surface area contributed by atoms with Gasteiger partial charge in [0, 0.05) is 4.88 Å². The van der Waals surface area contributed by atoms with Gasteiger partial charge < -0.3 is 15.7 Å². The van der Waals surface area contributed by atoms with Gasteiger partial charge in [-0.2, -0.15) is 0 Å². The predicted molar refractivity (Wildman–Crippen MR) is 93.7 cm³/mol. The Morgan fingerprint density at radius 1 is 1.26 bits per heavy atom. The summed E-state index contributed by atoms with van der Waals surface area (Å²) in [7, 11) is 0. The molecule has 5 nitrogen and oxygen atoms in total. The number of thiazole rings is 1. The van der Waals surface area contributed by atoms with E-state index in [1.807, 2.05) is 41.8 Å². The molecule has 0 bridgehead atoms. The van der Waals surface area contributed by atoms with E-state index in [1.165, 1.54) is 11.3 Å². The van der Waals surface area contributed by atoms with Crippen LogP contribution in [0.5, 0.6) is 0 Å². The van der Waals surface area contributed by atoms with Crippen molar-refractivity contribution in [1.29, 1.82) is 0 Å². The van der Waals surface area contributed by atoms with E-state index in [0.717, 1.165) is 20.1 Å². The van der Waals surface area contributed by atoms with Crippen molar-refractivity contribution in [2.75, 3.05) is 6.54 Å². The number of aromatic nitrogens is 1. The lowest BCUT2D eigenvalue weighted by Gasteiger charge is -2.22. The summed E-state index contributed by atoms with van der Waals surface area (Å²) in [6, 6.07) is 11.3. The van der Waals surface area contributed by atoms with Gasteiger partial charge in [0.05, 0.1) is 23.3 Å². The Balaban J connectivity index is 1.51. The maximum Gasteiger partial charge on any atom is 0.315 e. The number of nitrogens with one attached hydrogen (secondary N) is 2. The molecule has 0 aliphatic heterocycles. The zero-order valence-electron chi connectivity index (χ0n) is 12.6. The molecule has 0 saturated heterocycles. The van der Waals surface area contributed by atoms with Crippen LogP contribution in [0.15, 0.2) is 41.8 Å². The van der Waals surface area contributed by atoms with Crippen LogP contribution in [-0.4, -0.2) is 22.7 Å². The molecule has 0 fully saturated rings. The molecule has 2 amide bonds. The molecule has 7 heteroatoms. The minimum absolute atomic E-state index is 0.152. The number of carbonyl (C=O) groups excluding carboxylic acids is 1. The number of hydrogen-bond donors (Lipinski definition) is 3. The fraction of sp³-hybridized carbons (Fsp3) is 0.250. The van der Waals surface area contributed by atoms with Gasteiger partial charge in [-0.15, -0.1) is 22.7 Å². The summed E-state index contributed by atoms with van der Waals surface area (Å²) >= 11 is 3.02. The Hall–Kier alpha value is -1.96. The molecule has 3 N–H and O–H groups in total. The molecular weight excluding hydrogens is 330 g/mol. The third-order valence-electron chi connectivity index (χ3n) is 3.38. The number of nitrogens with zero attached hydrogens (tertiary/aromatic N) is 1. The fourth-order valence-electron chi connectivity index (χ4n) is 2.14. The second kappa shape index (κ2) is 6.66. The van der Waals surface area contributed by atoms with E-state index in [1.54, 1.807) is 18.3 Å². The van der Waals surface area contributed by atoms with Gasteiger partial charge in [-0.3, -0.25) is 0 Å². The summed E-state index contributed by atoms with van der Waals surface area (Å²) < 4.78 is 1.10. The number of benzene rings is 1. The zero-order chi connectivity index (χ0) is 16.3. The maximum atomic E-state index is 11.9. The average Bonchev–Trinajstić information content (AvgIpc) is 3.20. The van der Waals surface area contributed by atoms with Crippen molar-refractivity contribution < 1.29 is 9.90 Å². The van der Waals surface area contributed by atoms with E-state index in [2.05, 4.69) is 15.6 Å². The summed E-state index contributed by atoms with van der Waals surface area (Å²) in [5.74, 6) is 0. The molecule has 0 saturated carbocycles. The Labute approximate surface area is 142 Å². The smallest absolute Gasteiger partial charge is 0.315 e. The van der Waals surface area contributed by atoms with Crippen molar-refractivity contribution in [2.45, 2.75) is 19.1 Å². The van der Waals surface area contributed by atoms with Crippen molar-refractivity contribution in [3.63, 3.8) is 0 Å². The van der Waals surface area contributed by atoms with E-state index in [4.69, 9.17) is 0 Å². The van der Waals surface area contributed by atoms with Crippen LogP contribution in [0.3, 0.4) is 0 Å². The van der Waals surface area contributed by atoms with E-state index in [9.17, 15) is 9.90 Å². The summed E-state index contributed by atoms with van der Waals surface area (Å²) in [5.41, 5.74) is -0.128. The van der Waals surface area contributed by atoms with Gasteiger partial charge in [0.15, 0.2) is 0 Å². The molecule has 0 spiro atoms. The van der Waals surface area contributed by atoms with Crippen LogP contribution in [-0.2, 0) is 12.1 Å². The SMILES string of the molecule is CC(O)(CNC(=O)NCc1nc2ccccc2s1)c1cccs1. The Morgan fingerprint density at radius 3 is 2.83 bits per heavy atom. The molecule has 1 atom stereocenters. The van der Waals surface area contributed by atoms with Crippen molar-refractivity contribution in [1.82, 2.24) is 15.6 Å². The number of hydrogen-bond acceptors (Lipinski definition) is 5. The number of urea groups is 1. The van der Waals surface area contributed by atoms with Crippen molar-refractivity contribution in [2.24, 2.45) is 0 Å². The molecule has 23 heavy (non-hydrogen) atoms. The molecule has 0 radical (unpaired) electrons. The minimum Gasteiger partial charge on any atom is -0.383 e. The number of rotatable bonds is 5. The van der Waals surface area contributed by atoms with Gasteiger partial charge in [0.25, 0.3) is 0 Å². The van der Waals surface area contributed by atoms with Crippen LogP contribution >= 0.6 is 22.7 Å². The number of amides is 2. The lowest BCUT2D eigenvalue weighted by atomic mass is 10.1. The molecule has 1 aromatic carbocycles. The van der Waals surface area contributed by atoms with Crippen LogP contribution in [0, 0.1) is 0 Å². The van der Waals surface area contributed by atoms with Gasteiger partial charge >= 0.3 is 6.03 Å². The molecule has 2 aromatic heterocycles. The Kier molecular flexibility index (Phi) is 4.61. The largest absolute Gasteiger partial charge is 0.383 e. The first kappa shape index (κ1) is 15.9. The highest BCUT2D eigenvalue weighted by molar-refractivity contribution is 7.18. The van der Waals surface area contributed by atoms with Crippen LogP contribution in [0.2, 0.25) is 0 Å². The first-order chi connectivity index (χ1) is 11.0. The van der Waals surface area contributed by atoms with Crippen LogP contribution in [0.1, 0.15) is 16.8 Å². The first-order valence-corrected chi connectivity index (χ1v) is 8.87. The second-order valence-corrected chi connectivity index (χ2v) is 7.43. The van der Waals surface area contributed by atoms with Gasteiger partial charge in [-0.05, 0) is 30.5 Å². The lowest BCUT2D eigenvalue weighted by molar-refractivity contribution is 0.0631. The van der Waals surface area contributed by atoms with Crippen LogP contribution < -0.4 is 10.6 Å². The third kappa shape index (κ3) is 3.87. The Morgan fingerprint density at radius 2 is 2.09 bits per heavy atom. The van der Waals surface area contributed by atoms with Gasteiger partial charge in [0.1, 0.15) is 10.6 Å². The van der Waals surface area contributed by atoms with E-state index >= 15 is 0 Å². The zero-order valence-corrected chi connectivity index (χ0v) is 14.2. The molecule has 2 heterocycles. The summed E-state index contributed by atoms with van der Waals surface area (Å²) in [6.07, 6.45) is 0. The van der Waals surface area contributed by atoms with Gasteiger partial charge in [-0.25, -0.2) is 9.78 Å². The standard InChI is InChI=1S/C16H17N3O2S2/c1-16(21,13-7-4-8-22-13)10-18-15(20)17-9-14-19-11-5-2-3-6-12(11)23-14/h2-8,21H,9-10H2,1H3,(H2,17,18,20). The van der Waals surface area contributed by atoms with Gasteiger partial charge in [0.2, 0.25) is 0 Å². The van der Waals surface area contributed by atoms with E-state index in [0.29, 0.717) is 6.54 Å². The Bertz CT molecular complexity index is 764. The highest BCUT2D eigenvalue weighted by Crippen LogP contribution is 2.24. The topological polar surface area (TPSA) is 74.2 Å². The third-order valence-corrected chi connectivity index (χ3v) is 5.54. The second-order valence-electron chi connectivity index (χ2n) is 5.36. The van der Waals surface area contributed by atoms with Crippen LogP contribution in [0.4, 0.5) is 4.79 Å². The number of fused-ring (bicyclic) bond motifs is 1. The van der Waals surface area contributed by atoms with Crippen molar-refractivity contribution in [3.05, 3.63) is 51.7 Å². The maximum absolute atomic E-state index is 11.9. The van der Waals surface area contributed by atoms with E-state index < -0.39 is 5.60 Å².